The van der Waals surface area contributed by atoms with Gasteiger partial charge in [-0.25, -0.2) is 0 Å². The minimum absolute atomic E-state index is 0.00708. The molecule has 4 heteroatoms. The molecule has 0 spiro atoms. The van der Waals surface area contributed by atoms with Crippen molar-refractivity contribution < 1.29 is 14.6 Å². The third kappa shape index (κ3) is 4.13. The molecule has 0 aliphatic heterocycles. The van der Waals surface area contributed by atoms with E-state index < -0.39 is 0 Å². The monoisotopic (exact) mass is 287 g/mol. The highest BCUT2D eigenvalue weighted by Gasteiger charge is 2.09. The topological polar surface area (TPSA) is 64.7 Å². The largest absolute Gasteiger partial charge is 0.508 e. The molecule has 2 rings (SSSR count). The molecule has 2 aromatic rings. The molecule has 1 unspecified atom stereocenters. The molecule has 0 heterocycles. The fourth-order valence-electron chi connectivity index (χ4n) is 2.32. The number of phenolic OH excluding ortho intramolecular Hbond substituents is 1. The molecule has 3 N–H and O–H groups in total. The summed E-state index contributed by atoms with van der Waals surface area (Å²) in [4.78, 5) is 0. The zero-order valence-corrected chi connectivity index (χ0v) is 12.4. The predicted octanol–water partition coefficient (Wildman–Crippen LogP) is 2.52. The van der Waals surface area contributed by atoms with Gasteiger partial charge in [0.15, 0.2) is 11.5 Å². The SMILES string of the molecule is COc1ccc(CC(N)Cc2ccc(O)cc2)cc1OC. The van der Waals surface area contributed by atoms with E-state index in [1.54, 1.807) is 26.4 Å². The van der Waals surface area contributed by atoms with E-state index in [0.29, 0.717) is 11.5 Å². The maximum atomic E-state index is 9.28. The molecule has 0 amide bonds. The first-order chi connectivity index (χ1) is 10.1. The van der Waals surface area contributed by atoms with Crippen LogP contribution in [0.1, 0.15) is 11.1 Å². The van der Waals surface area contributed by atoms with E-state index in [9.17, 15) is 5.11 Å². The molecule has 0 aliphatic rings. The number of nitrogens with two attached hydrogens (primary N) is 1. The Morgan fingerprint density at radius 1 is 0.905 bits per heavy atom. The second-order valence-electron chi connectivity index (χ2n) is 5.02. The van der Waals surface area contributed by atoms with Gasteiger partial charge in [-0.15, -0.1) is 0 Å². The summed E-state index contributed by atoms with van der Waals surface area (Å²) in [5.41, 5.74) is 8.43. The fourth-order valence-corrected chi connectivity index (χ4v) is 2.32. The highest BCUT2D eigenvalue weighted by molar-refractivity contribution is 5.43. The van der Waals surface area contributed by atoms with Gasteiger partial charge >= 0.3 is 0 Å². The van der Waals surface area contributed by atoms with E-state index in [1.165, 1.54) is 0 Å². The van der Waals surface area contributed by atoms with Crippen LogP contribution in [0.15, 0.2) is 42.5 Å². The lowest BCUT2D eigenvalue weighted by molar-refractivity contribution is 0.354. The number of rotatable bonds is 6. The Balaban J connectivity index is 2.02. The van der Waals surface area contributed by atoms with Gasteiger partial charge in [0.25, 0.3) is 0 Å². The molecule has 0 saturated carbocycles. The average molecular weight is 287 g/mol. The number of ether oxygens (including phenoxy) is 2. The van der Waals surface area contributed by atoms with Crippen molar-refractivity contribution in [2.75, 3.05) is 14.2 Å². The third-order valence-electron chi connectivity index (χ3n) is 3.38. The van der Waals surface area contributed by atoms with Crippen LogP contribution in [0.2, 0.25) is 0 Å². The molecule has 0 bridgehead atoms. The van der Waals surface area contributed by atoms with Gasteiger partial charge in [0, 0.05) is 6.04 Å². The summed E-state index contributed by atoms with van der Waals surface area (Å²) in [6.45, 7) is 0. The van der Waals surface area contributed by atoms with Crippen LogP contribution in [0.5, 0.6) is 17.2 Å². The first kappa shape index (κ1) is 15.2. The Hall–Kier alpha value is -2.20. The van der Waals surface area contributed by atoms with Crippen LogP contribution in [0.25, 0.3) is 0 Å². The van der Waals surface area contributed by atoms with Crippen LogP contribution in [0.4, 0.5) is 0 Å². The Morgan fingerprint density at radius 3 is 2.10 bits per heavy atom. The van der Waals surface area contributed by atoms with E-state index in [4.69, 9.17) is 15.2 Å². The van der Waals surface area contributed by atoms with Gasteiger partial charge in [-0.1, -0.05) is 18.2 Å². The lowest BCUT2D eigenvalue weighted by Gasteiger charge is -2.14. The van der Waals surface area contributed by atoms with Gasteiger partial charge in [-0.2, -0.15) is 0 Å². The first-order valence-electron chi connectivity index (χ1n) is 6.86. The lowest BCUT2D eigenvalue weighted by atomic mass is 9.99. The Kier molecular flexibility index (Phi) is 5.06. The second kappa shape index (κ2) is 6.99. The fraction of sp³-hybridized carbons (Fsp3) is 0.294. The van der Waals surface area contributed by atoms with Gasteiger partial charge in [-0.05, 0) is 48.2 Å². The van der Waals surface area contributed by atoms with Crippen LogP contribution in [-0.2, 0) is 12.8 Å². The smallest absolute Gasteiger partial charge is 0.160 e. The number of aromatic hydroxyl groups is 1. The van der Waals surface area contributed by atoms with Gasteiger partial charge in [0.2, 0.25) is 0 Å². The molecule has 0 saturated heterocycles. The maximum Gasteiger partial charge on any atom is 0.160 e. The van der Waals surface area contributed by atoms with Crippen molar-refractivity contribution in [1.82, 2.24) is 0 Å². The molecular formula is C17H21NO3. The normalized spacial score (nSPS) is 12.0. The lowest BCUT2D eigenvalue weighted by Crippen LogP contribution is -2.25. The van der Waals surface area contributed by atoms with Crippen LogP contribution in [-0.4, -0.2) is 25.4 Å². The number of hydrogen-bond donors (Lipinski definition) is 2. The minimum Gasteiger partial charge on any atom is -0.508 e. The standard InChI is InChI=1S/C17H21NO3/c1-20-16-8-5-13(11-17(16)21-2)10-14(18)9-12-3-6-15(19)7-4-12/h3-8,11,14,19H,9-10,18H2,1-2H3. The van der Waals surface area contributed by atoms with Crippen molar-refractivity contribution in [3.63, 3.8) is 0 Å². The van der Waals surface area contributed by atoms with Crippen molar-refractivity contribution in [2.45, 2.75) is 18.9 Å². The molecule has 21 heavy (non-hydrogen) atoms. The number of benzene rings is 2. The Bertz CT molecular complexity index is 581. The summed E-state index contributed by atoms with van der Waals surface area (Å²) in [7, 11) is 3.24. The summed E-state index contributed by atoms with van der Waals surface area (Å²) >= 11 is 0. The molecule has 0 fully saturated rings. The molecule has 4 nitrogen and oxygen atoms in total. The zero-order valence-electron chi connectivity index (χ0n) is 12.4. The molecular weight excluding hydrogens is 266 g/mol. The van der Waals surface area contributed by atoms with Crippen molar-refractivity contribution >= 4 is 0 Å². The van der Waals surface area contributed by atoms with E-state index >= 15 is 0 Å². The average Bonchev–Trinajstić information content (AvgIpc) is 2.49. The maximum absolute atomic E-state index is 9.28. The Morgan fingerprint density at radius 2 is 1.48 bits per heavy atom. The predicted molar refractivity (Wildman–Crippen MR) is 83.0 cm³/mol. The quantitative estimate of drug-likeness (QED) is 0.857. The summed E-state index contributed by atoms with van der Waals surface area (Å²) < 4.78 is 10.5. The molecule has 0 aliphatic carbocycles. The van der Waals surface area contributed by atoms with Crippen molar-refractivity contribution in [3.8, 4) is 17.2 Å². The molecule has 0 aromatic heterocycles. The van der Waals surface area contributed by atoms with Crippen LogP contribution in [0, 0.1) is 0 Å². The minimum atomic E-state index is 0.00708. The van der Waals surface area contributed by atoms with E-state index in [0.717, 1.165) is 24.0 Å². The van der Waals surface area contributed by atoms with Crippen molar-refractivity contribution in [1.29, 1.82) is 0 Å². The molecule has 112 valence electrons. The molecule has 1 atom stereocenters. The summed E-state index contributed by atoms with van der Waals surface area (Å²) in [5.74, 6) is 1.70. The highest BCUT2D eigenvalue weighted by Crippen LogP contribution is 2.28. The van der Waals surface area contributed by atoms with Gasteiger partial charge in [-0.3, -0.25) is 0 Å². The van der Waals surface area contributed by atoms with Crippen molar-refractivity contribution in [2.24, 2.45) is 5.73 Å². The zero-order chi connectivity index (χ0) is 15.2. The summed E-state index contributed by atoms with van der Waals surface area (Å²) in [6.07, 6.45) is 1.51. The number of phenols is 1. The van der Waals surface area contributed by atoms with Gasteiger partial charge in [0.05, 0.1) is 14.2 Å². The van der Waals surface area contributed by atoms with E-state index in [2.05, 4.69) is 0 Å². The third-order valence-corrected chi connectivity index (χ3v) is 3.38. The van der Waals surface area contributed by atoms with Crippen LogP contribution in [0.3, 0.4) is 0 Å². The Labute approximate surface area is 125 Å². The van der Waals surface area contributed by atoms with Crippen LogP contribution < -0.4 is 15.2 Å². The second-order valence-corrected chi connectivity index (χ2v) is 5.02. The van der Waals surface area contributed by atoms with E-state index in [1.807, 2.05) is 30.3 Å². The first-order valence-corrected chi connectivity index (χ1v) is 6.86. The summed E-state index contributed by atoms with van der Waals surface area (Å²) in [6, 6.07) is 13.0. The molecule has 2 aromatic carbocycles. The highest BCUT2D eigenvalue weighted by atomic mass is 16.5. The molecule has 0 radical (unpaired) electrons. The van der Waals surface area contributed by atoms with Crippen LogP contribution >= 0.6 is 0 Å². The number of methoxy groups -OCH3 is 2. The van der Waals surface area contributed by atoms with Gasteiger partial charge < -0.3 is 20.3 Å². The summed E-state index contributed by atoms with van der Waals surface area (Å²) in [5, 5.41) is 9.28. The number of hydrogen-bond acceptors (Lipinski definition) is 4. The van der Waals surface area contributed by atoms with Gasteiger partial charge in [0.1, 0.15) is 5.75 Å². The van der Waals surface area contributed by atoms with E-state index in [-0.39, 0.29) is 11.8 Å². The van der Waals surface area contributed by atoms with Crippen molar-refractivity contribution in [3.05, 3.63) is 53.6 Å².